The Hall–Kier alpha value is -2.19. The fourth-order valence-corrected chi connectivity index (χ4v) is 3.63. The van der Waals surface area contributed by atoms with E-state index in [4.69, 9.17) is 14.0 Å². The summed E-state index contributed by atoms with van der Waals surface area (Å²) in [6, 6.07) is 0.0169. The van der Waals surface area contributed by atoms with E-state index >= 15 is 0 Å². The first-order valence-electron chi connectivity index (χ1n) is 9.23. The molecule has 27 heavy (non-hydrogen) atoms. The number of nitrogens with one attached hydrogen (secondary N) is 1. The van der Waals surface area contributed by atoms with E-state index in [-0.39, 0.29) is 6.04 Å². The maximum absolute atomic E-state index is 12.0. The van der Waals surface area contributed by atoms with E-state index in [0.717, 1.165) is 47.7 Å². The number of rotatable bonds is 7. The maximum Gasteiger partial charge on any atom is 0.413 e. The summed E-state index contributed by atoms with van der Waals surface area (Å²) in [5.74, 6) is 0.792. The lowest BCUT2D eigenvalue weighted by molar-refractivity contribution is 0.179. The van der Waals surface area contributed by atoms with E-state index in [9.17, 15) is 4.79 Å². The van der Waals surface area contributed by atoms with Gasteiger partial charge in [0.25, 0.3) is 0 Å². The number of amides is 1. The van der Waals surface area contributed by atoms with Crippen LogP contribution in [0, 0.1) is 13.8 Å². The standard InChI is InChI=1S/C19H25N3O4S/c1-4-5-6-16-15(13(3)26-22-16)7-8-17-20-12(2)18(27-17)25-19(23)21-14-9-10-24-11-14/h7-8,14H,4-6,9-11H2,1-3H3,(H,21,23)/b8-7+. The van der Waals surface area contributed by atoms with E-state index in [1.807, 2.05) is 26.0 Å². The second kappa shape index (κ2) is 9.14. The van der Waals surface area contributed by atoms with Gasteiger partial charge >= 0.3 is 6.09 Å². The number of carbonyl (C=O) groups excluding carboxylic acids is 1. The van der Waals surface area contributed by atoms with Crippen molar-refractivity contribution in [2.75, 3.05) is 13.2 Å². The van der Waals surface area contributed by atoms with Gasteiger partial charge in [-0.05, 0) is 45.3 Å². The molecule has 2 aromatic heterocycles. The predicted molar refractivity (Wildman–Crippen MR) is 104 cm³/mol. The number of aromatic nitrogens is 2. The Bertz CT molecular complexity index is 806. The minimum absolute atomic E-state index is 0.0169. The zero-order valence-electron chi connectivity index (χ0n) is 15.9. The molecule has 1 N–H and O–H groups in total. The van der Waals surface area contributed by atoms with Gasteiger partial charge < -0.3 is 19.3 Å². The fraction of sp³-hybridized carbons (Fsp3) is 0.526. The SMILES string of the molecule is CCCCc1noc(C)c1/C=C/c1nc(C)c(OC(=O)NC2CCOC2)s1. The minimum Gasteiger partial charge on any atom is -0.397 e. The van der Waals surface area contributed by atoms with E-state index in [1.165, 1.54) is 11.3 Å². The number of hydrogen-bond donors (Lipinski definition) is 1. The van der Waals surface area contributed by atoms with Crippen LogP contribution in [0.1, 0.15) is 53.9 Å². The first-order chi connectivity index (χ1) is 13.1. The molecule has 0 aromatic carbocycles. The molecule has 0 saturated carbocycles. The molecule has 0 aliphatic carbocycles. The van der Waals surface area contributed by atoms with Crippen molar-refractivity contribution in [3.05, 3.63) is 27.7 Å². The van der Waals surface area contributed by atoms with Crippen LogP contribution in [0.2, 0.25) is 0 Å². The van der Waals surface area contributed by atoms with Crippen molar-refractivity contribution < 1.29 is 18.8 Å². The number of ether oxygens (including phenoxy) is 2. The first kappa shape index (κ1) is 19.6. The van der Waals surface area contributed by atoms with Crippen molar-refractivity contribution in [3.8, 4) is 5.06 Å². The van der Waals surface area contributed by atoms with Crippen molar-refractivity contribution >= 4 is 29.6 Å². The summed E-state index contributed by atoms with van der Waals surface area (Å²) >= 11 is 1.33. The van der Waals surface area contributed by atoms with Crippen LogP contribution in [0.4, 0.5) is 4.79 Å². The number of aryl methyl sites for hydroxylation is 3. The van der Waals surface area contributed by atoms with Crippen molar-refractivity contribution in [1.29, 1.82) is 0 Å². The molecule has 2 aromatic rings. The first-order valence-corrected chi connectivity index (χ1v) is 10.0. The molecule has 1 fully saturated rings. The number of thiazole rings is 1. The Balaban J connectivity index is 1.65. The van der Waals surface area contributed by atoms with Crippen LogP contribution in [-0.2, 0) is 11.2 Å². The van der Waals surface area contributed by atoms with Crippen molar-refractivity contribution in [2.24, 2.45) is 0 Å². The zero-order valence-corrected chi connectivity index (χ0v) is 16.7. The van der Waals surface area contributed by atoms with Crippen LogP contribution < -0.4 is 10.1 Å². The van der Waals surface area contributed by atoms with Crippen molar-refractivity contribution in [1.82, 2.24) is 15.5 Å². The second-order valence-electron chi connectivity index (χ2n) is 6.56. The van der Waals surface area contributed by atoms with E-state index in [1.54, 1.807) is 0 Å². The molecule has 8 heteroatoms. The Morgan fingerprint density at radius 2 is 2.26 bits per heavy atom. The average molecular weight is 391 g/mol. The molecule has 0 spiro atoms. The lowest BCUT2D eigenvalue weighted by Crippen LogP contribution is -2.37. The highest BCUT2D eigenvalue weighted by molar-refractivity contribution is 7.14. The summed E-state index contributed by atoms with van der Waals surface area (Å²) in [5, 5.41) is 8.22. The summed E-state index contributed by atoms with van der Waals surface area (Å²) in [5.41, 5.74) is 2.65. The summed E-state index contributed by atoms with van der Waals surface area (Å²) < 4.78 is 16.0. The Morgan fingerprint density at radius 1 is 1.41 bits per heavy atom. The third kappa shape index (κ3) is 5.17. The quantitative estimate of drug-likeness (QED) is 0.763. The molecule has 1 atom stereocenters. The summed E-state index contributed by atoms with van der Waals surface area (Å²) in [7, 11) is 0. The van der Waals surface area contributed by atoms with Gasteiger partial charge in [-0.25, -0.2) is 9.78 Å². The highest BCUT2D eigenvalue weighted by Crippen LogP contribution is 2.29. The lowest BCUT2D eigenvalue weighted by atomic mass is 10.1. The lowest BCUT2D eigenvalue weighted by Gasteiger charge is -2.09. The summed E-state index contributed by atoms with van der Waals surface area (Å²) in [4.78, 5) is 16.5. The molecule has 1 amide bonds. The minimum atomic E-state index is -0.468. The molecule has 7 nitrogen and oxygen atoms in total. The molecule has 3 rings (SSSR count). The molecule has 0 bridgehead atoms. The summed E-state index contributed by atoms with van der Waals surface area (Å²) in [6.07, 6.45) is 7.28. The third-order valence-electron chi connectivity index (χ3n) is 4.35. The van der Waals surface area contributed by atoms with Crippen LogP contribution >= 0.6 is 11.3 Å². The van der Waals surface area contributed by atoms with E-state index < -0.39 is 6.09 Å². The second-order valence-corrected chi connectivity index (χ2v) is 7.55. The van der Waals surface area contributed by atoms with Gasteiger partial charge in [-0.15, -0.1) is 0 Å². The Kier molecular flexibility index (Phi) is 6.63. The number of hydrogen-bond acceptors (Lipinski definition) is 7. The Labute approximate surface area is 162 Å². The fourth-order valence-electron chi connectivity index (χ4n) is 2.82. The van der Waals surface area contributed by atoms with Crippen LogP contribution in [0.15, 0.2) is 4.52 Å². The van der Waals surface area contributed by atoms with Gasteiger partial charge in [-0.2, -0.15) is 0 Å². The van der Waals surface area contributed by atoms with E-state index in [0.29, 0.717) is 24.0 Å². The monoisotopic (exact) mass is 391 g/mol. The predicted octanol–water partition coefficient (Wildman–Crippen LogP) is 4.14. The molecular formula is C19H25N3O4S. The normalized spacial score (nSPS) is 16.9. The van der Waals surface area contributed by atoms with Gasteiger partial charge in [0.2, 0.25) is 5.06 Å². The van der Waals surface area contributed by atoms with Gasteiger partial charge in [-0.3, -0.25) is 0 Å². The van der Waals surface area contributed by atoms with Gasteiger partial charge in [0.15, 0.2) is 0 Å². The maximum atomic E-state index is 12.0. The van der Waals surface area contributed by atoms with Gasteiger partial charge in [0.05, 0.1) is 24.0 Å². The molecule has 146 valence electrons. The van der Waals surface area contributed by atoms with Crippen molar-refractivity contribution in [2.45, 2.75) is 52.5 Å². The molecular weight excluding hydrogens is 366 g/mol. The highest BCUT2D eigenvalue weighted by atomic mass is 32.1. The molecule has 3 heterocycles. The van der Waals surface area contributed by atoms with Crippen LogP contribution in [-0.4, -0.2) is 35.5 Å². The largest absolute Gasteiger partial charge is 0.413 e. The topological polar surface area (TPSA) is 86.5 Å². The highest BCUT2D eigenvalue weighted by Gasteiger charge is 2.20. The van der Waals surface area contributed by atoms with E-state index in [2.05, 4.69) is 22.4 Å². The molecule has 1 saturated heterocycles. The average Bonchev–Trinajstić information content (AvgIpc) is 3.34. The van der Waals surface area contributed by atoms with Gasteiger partial charge in [0, 0.05) is 12.2 Å². The third-order valence-corrected chi connectivity index (χ3v) is 5.35. The molecule has 1 aliphatic rings. The van der Waals surface area contributed by atoms with Gasteiger partial charge in [-0.1, -0.05) is 29.8 Å². The summed E-state index contributed by atoms with van der Waals surface area (Å²) in [6.45, 7) is 7.08. The van der Waals surface area contributed by atoms with Gasteiger partial charge in [0.1, 0.15) is 10.8 Å². The van der Waals surface area contributed by atoms with Crippen LogP contribution in [0.3, 0.4) is 0 Å². The molecule has 1 unspecified atom stereocenters. The number of unbranched alkanes of at least 4 members (excludes halogenated alkanes) is 1. The smallest absolute Gasteiger partial charge is 0.397 e. The van der Waals surface area contributed by atoms with Crippen LogP contribution in [0.25, 0.3) is 12.2 Å². The Morgan fingerprint density at radius 3 is 3.00 bits per heavy atom. The number of carbonyl (C=O) groups is 1. The van der Waals surface area contributed by atoms with Crippen molar-refractivity contribution in [3.63, 3.8) is 0 Å². The molecule has 0 radical (unpaired) electrons. The van der Waals surface area contributed by atoms with Crippen LogP contribution in [0.5, 0.6) is 5.06 Å². The molecule has 1 aliphatic heterocycles. The zero-order chi connectivity index (χ0) is 19.2. The number of nitrogens with zero attached hydrogens (tertiary/aromatic N) is 2.